The maximum atomic E-state index is 13.2. The maximum Gasteiger partial charge on any atom is 0.471 e. The molecule has 2 aromatic carbocycles. The minimum absolute atomic E-state index is 0.0130. The van der Waals surface area contributed by atoms with Gasteiger partial charge in [0.05, 0.1) is 10.6 Å². The number of hydrogen-bond acceptors (Lipinski definition) is 3. The monoisotopic (exact) mass is 426 g/mol. The number of nitrogens with zero attached hydrogens (tertiary/aromatic N) is 2. The predicted octanol–water partition coefficient (Wildman–Crippen LogP) is 3.66. The maximum absolute atomic E-state index is 13.2. The number of fused-ring (bicyclic) bond motifs is 1. The molecule has 0 aliphatic carbocycles. The van der Waals surface area contributed by atoms with Crippen LogP contribution in [0.2, 0.25) is 0 Å². The first-order chi connectivity index (χ1) is 13.5. The lowest BCUT2D eigenvalue weighted by Gasteiger charge is -2.30. The third-order valence-electron chi connectivity index (χ3n) is 4.88. The number of anilines is 1. The minimum Gasteiger partial charge on any atom is -0.330 e. The van der Waals surface area contributed by atoms with Crippen LogP contribution >= 0.6 is 0 Å². The Bertz CT molecular complexity index is 1040. The van der Waals surface area contributed by atoms with Crippen molar-refractivity contribution in [1.82, 2.24) is 4.90 Å². The molecule has 1 heterocycles. The van der Waals surface area contributed by atoms with Crippen molar-refractivity contribution >= 4 is 21.6 Å². The summed E-state index contributed by atoms with van der Waals surface area (Å²) in [7, 11) is -3.91. The molecular formula is C20H21F3N2O3S. The molecule has 0 atom stereocenters. The first-order valence-electron chi connectivity index (χ1n) is 9.11. The topological polar surface area (TPSA) is 57.7 Å². The summed E-state index contributed by atoms with van der Waals surface area (Å²) < 4.78 is 65.9. The first kappa shape index (κ1) is 21.2. The number of sulfonamides is 1. The fourth-order valence-electron chi connectivity index (χ4n) is 3.45. The zero-order valence-electron chi connectivity index (χ0n) is 16.0. The van der Waals surface area contributed by atoms with Gasteiger partial charge in [-0.1, -0.05) is 18.2 Å². The Morgan fingerprint density at radius 3 is 2.48 bits per heavy atom. The highest BCUT2D eigenvalue weighted by Gasteiger charge is 2.43. The molecule has 0 aromatic heterocycles. The molecule has 1 amide bonds. The fourth-order valence-corrected chi connectivity index (χ4v) is 4.96. The van der Waals surface area contributed by atoms with Crippen molar-refractivity contribution in [2.24, 2.45) is 0 Å². The lowest BCUT2D eigenvalue weighted by molar-refractivity contribution is -0.186. The Morgan fingerprint density at radius 2 is 1.86 bits per heavy atom. The molecule has 1 aliphatic rings. The quantitative estimate of drug-likeness (QED) is 0.750. The molecule has 0 bridgehead atoms. The second-order valence-electron chi connectivity index (χ2n) is 6.91. The molecule has 0 fully saturated rings. The molecule has 156 valence electrons. The summed E-state index contributed by atoms with van der Waals surface area (Å²) >= 11 is 0. The molecule has 29 heavy (non-hydrogen) atoms. The Labute approximate surface area is 167 Å². The number of carbonyl (C=O) groups excluding carboxylic acids is 1. The number of rotatable bonds is 4. The second kappa shape index (κ2) is 7.70. The molecule has 0 saturated carbocycles. The standard InChI is InChI=1S/C20H21F3N2O3S/c1-3-25(17-6-4-5-14(2)11-17)29(27,28)18-8-7-15-9-10-24(13-16(15)12-18)19(26)20(21,22)23/h4-8,11-12H,3,9-10,13H2,1-2H3. The third kappa shape index (κ3) is 4.24. The van der Waals surface area contributed by atoms with E-state index in [2.05, 4.69) is 0 Å². The van der Waals surface area contributed by atoms with E-state index in [-0.39, 0.29) is 31.0 Å². The van der Waals surface area contributed by atoms with Crippen LogP contribution in [-0.4, -0.2) is 38.5 Å². The van der Waals surface area contributed by atoms with Gasteiger partial charge in [-0.25, -0.2) is 8.42 Å². The van der Waals surface area contributed by atoms with Crippen LogP contribution in [0.3, 0.4) is 0 Å². The van der Waals surface area contributed by atoms with E-state index in [4.69, 9.17) is 0 Å². The summed E-state index contributed by atoms with van der Waals surface area (Å²) in [5.41, 5.74) is 2.57. The van der Waals surface area contributed by atoms with Crippen LogP contribution in [0.15, 0.2) is 47.4 Å². The van der Waals surface area contributed by atoms with Gasteiger partial charge < -0.3 is 4.90 Å². The Morgan fingerprint density at radius 1 is 1.14 bits per heavy atom. The molecule has 0 unspecified atom stereocenters. The van der Waals surface area contributed by atoms with Crippen molar-refractivity contribution in [2.45, 2.75) is 37.9 Å². The number of carbonyl (C=O) groups is 1. The highest BCUT2D eigenvalue weighted by molar-refractivity contribution is 7.92. The zero-order valence-corrected chi connectivity index (χ0v) is 16.8. The average molecular weight is 426 g/mol. The number of alkyl halides is 3. The van der Waals surface area contributed by atoms with Gasteiger partial charge in [-0.2, -0.15) is 13.2 Å². The van der Waals surface area contributed by atoms with Crippen LogP contribution in [-0.2, 0) is 27.8 Å². The van der Waals surface area contributed by atoms with Crippen LogP contribution < -0.4 is 4.31 Å². The number of benzene rings is 2. The van der Waals surface area contributed by atoms with Gasteiger partial charge in [-0.3, -0.25) is 9.10 Å². The molecule has 0 N–H and O–H groups in total. The van der Waals surface area contributed by atoms with E-state index >= 15 is 0 Å². The lowest BCUT2D eigenvalue weighted by Crippen LogP contribution is -2.43. The number of amides is 1. The summed E-state index contributed by atoms with van der Waals surface area (Å²) in [5.74, 6) is -1.91. The van der Waals surface area contributed by atoms with Crippen molar-refractivity contribution in [3.63, 3.8) is 0 Å². The van der Waals surface area contributed by atoms with Gasteiger partial charge in [0, 0.05) is 19.6 Å². The van der Waals surface area contributed by atoms with Crippen molar-refractivity contribution in [1.29, 1.82) is 0 Å². The van der Waals surface area contributed by atoms with E-state index < -0.39 is 22.1 Å². The number of hydrogen-bond donors (Lipinski definition) is 0. The number of halogens is 3. The van der Waals surface area contributed by atoms with Crippen molar-refractivity contribution in [3.05, 3.63) is 59.2 Å². The van der Waals surface area contributed by atoms with Crippen LogP contribution in [0.1, 0.15) is 23.6 Å². The predicted molar refractivity (Wildman–Crippen MR) is 103 cm³/mol. The van der Waals surface area contributed by atoms with Crippen LogP contribution in [0.25, 0.3) is 0 Å². The molecule has 3 rings (SSSR count). The fraction of sp³-hybridized carbons (Fsp3) is 0.350. The van der Waals surface area contributed by atoms with E-state index in [1.54, 1.807) is 31.2 Å². The summed E-state index contributed by atoms with van der Waals surface area (Å²) in [5, 5.41) is 0. The highest BCUT2D eigenvalue weighted by Crippen LogP contribution is 2.29. The van der Waals surface area contributed by atoms with Crippen molar-refractivity contribution in [2.75, 3.05) is 17.4 Å². The Hall–Kier alpha value is -2.55. The van der Waals surface area contributed by atoms with Crippen LogP contribution in [0.5, 0.6) is 0 Å². The van der Waals surface area contributed by atoms with Gasteiger partial charge >= 0.3 is 12.1 Å². The Kier molecular flexibility index (Phi) is 5.62. The van der Waals surface area contributed by atoms with E-state index in [0.717, 1.165) is 11.1 Å². The van der Waals surface area contributed by atoms with Crippen LogP contribution in [0.4, 0.5) is 18.9 Å². The SMILES string of the molecule is CCN(c1cccc(C)c1)S(=O)(=O)c1ccc2c(c1)CN(C(=O)C(F)(F)F)CC2. The van der Waals surface area contributed by atoms with Gasteiger partial charge in [-0.05, 0) is 61.2 Å². The summed E-state index contributed by atoms with van der Waals surface area (Å²) in [4.78, 5) is 12.2. The second-order valence-corrected chi connectivity index (χ2v) is 8.78. The molecule has 0 radical (unpaired) electrons. The highest BCUT2D eigenvalue weighted by atomic mass is 32.2. The molecule has 9 heteroatoms. The van der Waals surface area contributed by atoms with E-state index in [1.807, 2.05) is 13.0 Å². The summed E-state index contributed by atoms with van der Waals surface area (Å²) in [6.45, 7) is 3.44. The molecule has 5 nitrogen and oxygen atoms in total. The third-order valence-corrected chi connectivity index (χ3v) is 6.78. The molecular weight excluding hydrogens is 405 g/mol. The average Bonchev–Trinajstić information content (AvgIpc) is 2.66. The van der Waals surface area contributed by atoms with Gasteiger partial charge in [0.2, 0.25) is 0 Å². The van der Waals surface area contributed by atoms with E-state index in [9.17, 15) is 26.4 Å². The molecule has 0 saturated heterocycles. The van der Waals surface area contributed by atoms with Gasteiger partial charge in [0.1, 0.15) is 0 Å². The van der Waals surface area contributed by atoms with E-state index in [0.29, 0.717) is 16.2 Å². The number of aryl methyl sites for hydroxylation is 1. The van der Waals surface area contributed by atoms with Gasteiger partial charge in [0.15, 0.2) is 0 Å². The minimum atomic E-state index is -4.95. The van der Waals surface area contributed by atoms with Crippen molar-refractivity contribution in [3.8, 4) is 0 Å². The van der Waals surface area contributed by atoms with Crippen molar-refractivity contribution < 1.29 is 26.4 Å². The summed E-state index contributed by atoms with van der Waals surface area (Å²) in [6.07, 6.45) is -4.71. The first-order valence-corrected chi connectivity index (χ1v) is 10.6. The Balaban J connectivity index is 1.95. The van der Waals surface area contributed by atoms with Crippen LogP contribution in [0, 0.1) is 6.92 Å². The van der Waals surface area contributed by atoms with Gasteiger partial charge in [0.25, 0.3) is 10.0 Å². The lowest BCUT2D eigenvalue weighted by atomic mass is 10.00. The molecule has 0 spiro atoms. The molecule has 1 aliphatic heterocycles. The molecule has 2 aromatic rings. The normalized spacial score (nSPS) is 14.4. The smallest absolute Gasteiger partial charge is 0.330 e. The summed E-state index contributed by atoms with van der Waals surface area (Å²) in [6, 6.07) is 11.5. The van der Waals surface area contributed by atoms with Gasteiger partial charge in [-0.15, -0.1) is 0 Å². The van der Waals surface area contributed by atoms with E-state index in [1.165, 1.54) is 16.4 Å². The largest absolute Gasteiger partial charge is 0.471 e. The zero-order chi connectivity index (χ0) is 21.4.